The van der Waals surface area contributed by atoms with E-state index in [2.05, 4.69) is 24.8 Å². The molecule has 1 aliphatic rings. The van der Waals surface area contributed by atoms with Crippen LogP contribution < -0.4 is 4.74 Å². The second-order valence-electron chi connectivity index (χ2n) is 5.06. The van der Waals surface area contributed by atoms with Crippen LogP contribution in [0.25, 0.3) is 0 Å². The van der Waals surface area contributed by atoms with Crippen molar-refractivity contribution in [1.82, 2.24) is 0 Å². The van der Waals surface area contributed by atoms with Gasteiger partial charge >= 0.3 is 0 Å². The summed E-state index contributed by atoms with van der Waals surface area (Å²) in [5.41, 5.74) is 2.22. The van der Waals surface area contributed by atoms with Crippen molar-refractivity contribution >= 4 is 0 Å². The van der Waals surface area contributed by atoms with Crippen LogP contribution in [0.15, 0.2) is 18.2 Å². The van der Waals surface area contributed by atoms with Gasteiger partial charge in [0.1, 0.15) is 11.4 Å². The van der Waals surface area contributed by atoms with E-state index in [1.807, 2.05) is 19.1 Å². The Labute approximate surface area is 95.9 Å². The first-order valence-corrected chi connectivity index (χ1v) is 5.62. The maximum atomic E-state index is 8.61. The van der Waals surface area contributed by atoms with Gasteiger partial charge in [-0.2, -0.15) is 0 Å². The van der Waals surface area contributed by atoms with Crippen molar-refractivity contribution < 1.29 is 14.9 Å². The summed E-state index contributed by atoms with van der Waals surface area (Å²) >= 11 is 0. The van der Waals surface area contributed by atoms with E-state index in [0.29, 0.717) is 6.42 Å². The number of hydrogen-bond donors (Lipinski definition) is 1. The first-order chi connectivity index (χ1) is 7.52. The van der Waals surface area contributed by atoms with Crippen molar-refractivity contribution in [2.45, 2.75) is 45.3 Å². The van der Waals surface area contributed by atoms with Crippen molar-refractivity contribution in [3.05, 3.63) is 29.3 Å². The van der Waals surface area contributed by atoms with Gasteiger partial charge < -0.3 is 4.74 Å². The highest BCUT2D eigenvalue weighted by Gasteiger charge is 2.31. The van der Waals surface area contributed by atoms with Gasteiger partial charge in [0.2, 0.25) is 0 Å². The van der Waals surface area contributed by atoms with Gasteiger partial charge in [-0.05, 0) is 31.9 Å². The topological polar surface area (TPSA) is 38.7 Å². The third-order valence-electron chi connectivity index (χ3n) is 2.86. The van der Waals surface area contributed by atoms with E-state index in [-0.39, 0.29) is 11.7 Å². The lowest BCUT2D eigenvalue weighted by Gasteiger charge is -2.18. The van der Waals surface area contributed by atoms with Crippen molar-refractivity contribution in [3.63, 3.8) is 0 Å². The average Bonchev–Trinajstić information content (AvgIpc) is 2.53. The molecule has 88 valence electrons. The zero-order valence-corrected chi connectivity index (χ0v) is 9.99. The predicted octanol–water partition coefficient (Wildman–Crippen LogP) is 2.82. The monoisotopic (exact) mass is 222 g/mol. The molecule has 1 aromatic carbocycles. The van der Waals surface area contributed by atoms with Crippen molar-refractivity contribution in [1.29, 1.82) is 0 Å². The Morgan fingerprint density at radius 3 is 2.94 bits per heavy atom. The summed E-state index contributed by atoms with van der Waals surface area (Å²) in [6.45, 7) is 6.00. The van der Waals surface area contributed by atoms with Crippen LogP contribution in [0.1, 0.15) is 31.9 Å². The second kappa shape index (κ2) is 4.07. The first-order valence-electron chi connectivity index (χ1n) is 5.62. The van der Waals surface area contributed by atoms with Gasteiger partial charge in [-0.1, -0.05) is 18.2 Å². The van der Waals surface area contributed by atoms with Crippen LogP contribution in [-0.2, 0) is 17.7 Å². The van der Waals surface area contributed by atoms with Gasteiger partial charge in [0.25, 0.3) is 0 Å². The number of benzene rings is 1. The highest BCUT2D eigenvalue weighted by atomic mass is 17.1. The van der Waals surface area contributed by atoms with Gasteiger partial charge in [0.05, 0.1) is 6.10 Å². The average molecular weight is 222 g/mol. The minimum Gasteiger partial charge on any atom is -0.487 e. The lowest BCUT2D eigenvalue weighted by Crippen LogP contribution is -2.25. The van der Waals surface area contributed by atoms with Crippen LogP contribution in [0, 0.1) is 0 Å². The largest absolute Gasteiger partial charge is 0.487 e. The first kappa shape index (κ1) is 11.4. The van der Waals surface area contributed by atoms with E-state index >= 15 is 0 Å². The fraction of sp³-hybridized carbons (Fsp3) is 0.538. The zero-order chi connectivity index (χ0) is 11.8. The van der Waals surface area contributed by atoms with E-state index in [9.17, 15) is 0 Å². The minimum atomic E-state index is -0.209. The molecule has 1 N–H and O–H groups in total. The summed E-state index contributed by atoms with van der Waals surface area (Å²) in [6, 6.07) is 6.15. The molecule has 1 atom stereocenters. The molecule has 16 heavy (non-hydrogen) atoms. The Balaban J connectivity index is 2.26. The minimum absolute atomic E-state index is 0.123. The van der Waals surface area contributed by atoms with Gasteiger partial charge in [0.15, 0.2) is 0 Å². The van der Waals surface area contributed by atoms with E-state index < -0.39 is 0 Å². The fourth-order valence-electron chi connectivity index (χ4n) is 2.19. The molecule has 1 aromatic rings. The second-order valence-corrected chi connectivity index (χ2v) is 5.06. The molecular weight excluding hydrogens is 204 g/mol. The van der Waals surface area contributed by atoms with Gasteiger partial charge in [0, 0.05) is 12.8 Å². The highest BCUT2D eigenvalue weighted by molar-refractivity contribution is 5.46. The van der Waals surface area contributed by atoms with Crippen molar-refractivity contribution in [2.24, 2.45) is 0 Å². The molecule has 0 saturated heterocycles. The summed E-state index contributed by atoms with van der Waals surface area (Å²) in [7, 11) is 0. The molecule has 0 fully saturated rings. The molecule has 1 unspecified atom stereocenters. The Bertz CT molecular complexity index is 385. The Morgan fingerprint density at radius 2 is 2.25 bits per heavy atom. The summed E-state index contributed by atoms with van der Waals surface area (Å²) in [5.74, 6) is 0.969. The summed E-state index contributed by atoms with van der Waals surface area (Å²) in [5, 5.41) is 8.61. The third-order valence-corrected chi connectivity index (χ3v) is 2.86. The number of hydrogen-bond acceptors (Lipinski definition) is 3. The summed E-state index contributed by atoms with van der Waals surface area (Å²) in [6.07, 6.45) is 1.39. The summed E-state index contributed by atoms with van der Waals surface area (Å²) < 4.78 is 5.93. The van der Waals surface area contributed by atoms with Gasteiger partial charge in [-0.15, -0.1) is 0 Å². The Hall–Kier alpha value is -1.06. The SMILES string of the molecule is CC(Cc1cccc2c1OC(C)(C)C2)OO. The van der Waals surface area contributed by atoms with E-state index in [1.165, 1.54) is 5.56 Å². The number of rotatable bonds is 3. The Kier molecular flexibility index (Phi) is 2.91. The molecular formula is C13H18O3. The molecule has 1 heterocycles. The zero-order valence-electron chi connectivity index (χ0n) is 9.99. The van der Waals surface area contributed by atoms with Crippen LogP contribution in [0.2, 0.25) is 0 Å². The Morgan fingerprint density at radius 1 is 1.50 bits per heavy atom. The quantitative estimate of drug-likeness (QED) is 0.631. The van der Waals surface area contributed by atoms with Crippen LogP contribution >= 0.6 is 0 Å². The predicted molar refractivity (Wildman–Crippen MR) is 61.7 cm³/mol. The van der Waals surface area contributed by atoms with Gasteiger partial charge in [-0.25, -0.2) is 4.89 Å². The lowest BCUT2D eigenvalue weighted by atomic mass is 9.99. The van der Waals surface area contributed by atoms with Crippen LogP contribution in [0.5, 0.6) is 5.75 Å². The van der Waals surface area contributed by atoms with Crippen LogP contribution in [0.3, 0.4) is 0 Å². The maximum absolute atomic E-state index is 8.61. The van der Waals surface area contributed by atoms with E-state index in [0.717, 1.165) is 17.7 Å². The molecule has 3 nitrogen and oxygen atoms in total. The van der Waals surface area contributed by atoms with E-state index in [4.69, 9.17) is 9.99 Å². The van der Waals surface area contributed by atoms with Crippen LogP contribution in [0.4, 0.5) is 0 Å². The third kappa shape index (κ3) is 2.20. The van der Waals surface area contributed by atoms with E-state index in [1.54, 1.807) is 0 Å². The normalized spacial score (nSPS) is 19.0. The number of para-hydroxylation sites is 1. The highest BCUT2D eigenvalue weighted by Crippen LogP contribution is 2.38. The fourth-order valence-corrected chi connectivity index (χ4v) is 2.19. The smallest absolute Gasteiger partial charge is 0.126 e. The molecule has 0 bridgehead atoms. The van der Waals surface area contributed by atoms with Crippen LogP contribution in [-0.4, -0.2) is 17.0 Å². The standard InChI is InChI=1S/C13H18O3/c1-9(16-14)7-10-5-4-6-11-8-13(2,3)15-12(10)11/h4-6,9,14H,7-8H2,1-3H3. The van der Waals surface area contributed by atoms with Crippen molar-refractivity contribution in [2.75, 3.05) is 0 Å². The van der Waals surface area contributed by atoms with Crippen molar-refractivity contribution in [3.8, 4) is 5.75 Å². The molecule has 3 heteroatoms. The molecule has 2 rings (SSSR count). The molecule has 0 amide bonds. The molecule has 0 saturated carbocycles. The molecule has 1 aliphatic heterocycles. The van der Waals surface area contributed by atoms with Gasteiger partial charge in [-0.3, -0.25) is 5.26 Å². The number of fused-ring (bicyclic) bond motifs is 1. The molecule has 0 aliphatic carbocycles. The maximum Gasteiger partial charge on any atom is 0.126 e. The lowest BCUT2D eigenvalue weighted by molar-refractivity contribution is -0.273. The molecule has 0 radical (unpaired) electrons. The summed E-state index contributed by atoms with van der Waals surface area (Å²) in [4.78, 5) is 4.31. The molecule has 0 spiro atoms. The number of ether oxygens (including phenoxy) is 1. The molecule has 0 aromatic heterocycles.